The first kappa shape index (κ1) is 14.8. The third-order valence-electron chi connectivity index (χ3n) is 3.05. The van der Waals surface area contributed by atoms with Crippen LogP contribution in [-0.4, -0.2) is 36.1 Å². The van der Waals surface area contributed by atoms with E-state index in [1.807, 2.05) is 25.1 Å². The van der Waals surface area contributed by atoms with E-state index in [4.69, 9.17) is 22.1 Å². The van der Waals surface area contributed by atoms with Crippen molar-refractivity contribution in [2.24, 2.45) is 5.73 Å². The van der Waals surface area contributed by atoms with Crippen molar-refractivity contribution < 1.29 is 9.53 Å². The van der Waals surface area contributed by atoms with Crippen LogP contribution >= 0.6 is 27.5 Å². The van der Waals surface area contributed by atoms with E-state index in [1.54, 1.807) is 0 Å². The molecule has 0 aliphatic carbocycles. The van der Waals surface area contributed by atoms with Gasteiger partial charge in [-0.1, -0.05) is 27.5 Å². The van der Waals surface area contributed by atoms with Crippen LogP contribution in [0.5, 0.6) is 0 Å². The van der Waals surface area contributed by atoms with Crippen molar-refractivity contribution in [2.45, 2.75) is 25.7 Å². The van der Waals surface area contributed by atoms with Crippen molar-refractivity contribution in [1.29, 1.82) is 0 Å². The quantitative estimate of drug-likeness (QED) is 0.912. The van der Waals surface area contributed by atoms with Crippen LogP contribution in [0.3, 0.4) is 0 Å². The normalized spacial score (nSPS) is 24.4. The van der Waals surface area contributed by atoms with Crippen LogP contribution < -0.4 is 5.73 Å². The Hall–Kier alpha value is -0.620. The standard InChI is InChI=1S/C13H16BrClN2O2/c1-8-5-17(7-12(19-8)13(16)18)6-9-4-10(15)2-3-11(9)14/h2-4,8,12H,5-7H2,1H3,(H2,16,18)/t8-,12?/m1/s1. The number of hydrogen-bond acceptors (Lipinski definition) is 3. The van der Waals surface area contributed by atoms with Crippen molar-refractivity contribution in [1.82, 2.24) is 4.90 Å². The molecule has 19 heavy (non-hydrogen) atoms. The monoisotopic (exact) mass is 346 g/mol. The summed E-state index contributed by atoms with van der Waals surface area (Å²) in [4.78, 5) is 13.4. The van der Waals surface area contributed by atoms with Gasteiger partial charge >= 0.3 is 0 Å². The van der Waals surface area contributed by atoms with Gasteiger partial charge in [-0.15, -0.1) is 0 Å². The van der Waals surface area contributed by atoms with Crippen LogP contribution in [0.1, 0.15) is 12.5 Å². The largest absolute Gasteiger partial charge is 0.367 e. The van der Waals surface area contributed by atoms with E-state index in [2.05, 4.69) is 20.8 Å². The van der Waals surface area contributed by atoms with Gasteiger partial charge < -0.3 is 10.5 Å². The molecule has 6 heteroatoms. The number of amides is 1. The minimum absolute atomic E-state index is 0.00999. The highest BCUT2D eigenvalue weighted by molar-refractivity contribution is 9.10. The molecule has 1 aromatic rings. The molecule has 0 spiro atoms. The first-order valence-electron chi connectivity index (χ1n) is 6.06. The zero-order chi connectivity index (χ0) is 14.0. The number of benzene rings is 1. The first-order chi connectivity index (χ1) is 8.95. The molecule has 4 nitrogen and oxygen atoms in total. The molecule has 1 aliphatic rings. The smallest absolute Gasteiger partial charge is 0.247 e. The number of ether oxygens (including phenoxy) is 1. The third-order valence-corrected chi connectivity index (χ3v) is 4.06. The van der Waals surface area contributed by atoms with Gasteiger partial charge in [0.1, 0.15) is 6.10 Å². The maximum absolute atomic E-state index is 11.3. The van der Waals surface area contributed by atoms with Crippen molar-refractivity contribution in [2.75, 3.05) is 13.1 Å². The zero-order valence-corrected chi connectivity index (χ0v) is 12.9. The third kappa shape index (κ3) is 3.92. The Morgan fingerprint density at radius 2 is 2.32 bits per heavy atom. The summed E-state index contributed by atoms with van der Waals surface area (Å²) in [6.45, 7) is 3.93. The van der Waals surface area contributed by atoms with E-state index in [0.717, 1.165) is 16.6 Å². The number of morpholine rings is 1. The number of hydrogen-bond donors (Lipinski definition) is 1. The molecule has 1 unspecified atom stereocenters. The summed E-state index contributed by atoms with van der Waals surface area (Å²) in [5.41, 5.74) is 6.41. The topological polar surface area (TPSA) is 55.6 Å². The van der Waals surface area contributed by atoms with Crippen LogP contribution in [0.15, 0.2) is 22.7 Å². The minimum atomic E-state index is -0.540. The summed E-state index contributed by atoms with van der Waals surface area (Å²) in [5, 5.41) is 0.700. The number of carbonyl (C=O) groups is 1. The van der Waals surface area contributed by atoms with Gasteiger partial charge in [0.25, 0.3) is 0 Å². The Morgan fingerprint density at radius 1 is 1.58 bits per heavy atom. The van der Waals surface area contributed by atoms with E-state index >= 15 is 0 Å². The molecule has 0 aromatic heterocycles. The predicted octanol–water partition coefficient (Wildman–Crippen LogP) is 2.18. The summed E-state index contributed by atoms with van der Waals surface area (Å²) >= 11 is 9.51. The molecule has 0 radical (unpaired) electrons. The van der Waals surface area contributed by atoms with E-state index < -0.39 is 12.0 Å². The molecule has 0 bridgehead atoms. The molecular weight excluding hydrogens is 332 g/mol. The summed E-state index contributed by atoms with van der Waals surface area (Å²) in [5.74, 6) is -0.415. The molecule has 2 rings (SSSR count). The molecular formula is C13H16BrClN2O2. The summed E-state index contributed by atoms with van der Waals surface area (Å²) < 4.78 is 6.52. The highest BCUT2D eigenvalue weighted by Gasteiger charge is 2.29. The summed E-state index contributed by atoms with van der Waals surface area (Å²) in [6, 6.07) is 5.68. The average molecular weight is 348 g/mol. The number of halogens is 2. The van der Waals surface area contributed by atoms with Gasteiger partial charge in [0.05, 0.1) is 6.10 Å². The van der Waals surface area contributed by atoms with E-state index in [9.17, 15) is 4.79 Å². The highest BCUT2D eigenvalue weighted by atomic mass is 79.9. The minimum Gasteiger partial charge on any atom is -0.367 e. The van der Waals surface area contributed by atoms with Gasteiger partial charge in [-0.25, -0.2) is 0 Å². The lowest BCUT2D eigenvalue weighted by Gasteiger charge is -2.35. The Balaban J connectivity index is 2.09. The van der Waals surface area contributed by atoms with E-state index in [1.165, 1.54) is 0 Å². The summed E-state index contributed by atoms with van der Waals surface area (Å²) in [7, 11) is 0. The number of primary amides is 1. The Morgan fingerprint density at radius 3 is 3.00 bits per heavy atom. The second-order valence-corrected chi connectivity index (χ2v) is 6.06. The van der Waals surface area contributed by atoms with Crippen molar-refractivity contribution in [3.63, 3.8) is 0 Å². The zero-order valence-electron chi connectivity index (χ0n) is 10.6. The molecule has 1 fully saturated rings. The fourth-order valence-electron chi connectivity index (χ4n) is 2.23. The highest BCUT2D eigenvalue weighted by Crippen LogP contribution is 2.24. The molecule has 1 aliphatic heterocycles. The number of carbonyl (C=O) groups excluding carboxylic acids is 1. The SMILES string of the molecule is C[C@@H]1CN(Cc2cc(Cl)ccc2Br)CC(C(N)=O)O1. The van der Waals surface area contributed by atoms with Crippen molar-refractivity contribution >= 4 is 33.4 Å². The lowest BCUT2D eigenvalue weighted by atomic mass is 10.1. The summed E-state index contributed by atoms with van der Waals surface area (Å²) in [6.07, 6.45) is -0.550. The molecule has 104 valence electrons. The average Bonchev–Trinajstić information content (AvgIpc) is 2.33. The van der Waals surface area contributed by atoms with Crippen molar-refractivity contribution in [3.05, 3.63) is 33.3 Å². The van der Waals surface area contributed by atoms with Gasteiger partial charge in [-0.2, -0.15) is 0 Å². The maximum atomic E-state index is 11.3. The van der Waals surface area contributed by atoms with E-state index in [-0.39, 0.29) is 6.10 Å². The number of nitrogens with zero attached hydrogens (tertiary/aromatic N) is 1. The van der Waals surface area contributed by atoms with Crippen LogP contribution in [0.4, 0.5) is 0 Å². The molecule has 1 saturated heterocycles. The van der Waals surface area contributed by atoms with Crippen molar-refractivity contribution in [3.8, 4) is 0 Å². The molecule has 2 atom stereocenters. The van der Waals surface area contributed by atoms with Gasteiger partial charge in [-0.3, -0.25) is 9.69 Å². The molecule has 1 amide bonds. The van der Waals surface area contributed by atoms with Crippen LogP contribution in [0, 0.1) is 0 Å². The lowest BCUT2D eigenvalue weighted by molar-refractivity contribution is -0.142. The number of nitrogens with two attached hydrogens (primary N) is 1. The van der Waals surface area contributed by atoms with Gasteiger partial charge in [0, 0.05) is 29.1 Å². The second kappa shape index (κ2) is 6.22. The van der Waals surface area contributed by atoms with Crippen LogP contribution in [-0.2, 0) is 16.1 Å². The lowest BCUT2D eigenvalue weighted by Crippen LogP contribution is -2.51. The van der Waals surface area contributed by atoms with Gasteiger partial charge in [-0.05, 0) is 30.7 Å². The van der Waals surface area contributed by atoms with Gasteiger partial charge in [0.15, 0.2) is 0 Å². The molecule has 1 aromatic carbocycles. The van der Waals surface area contributed by atoms with E-state index in [0.29, 0.717) is 18.1 Å². The molecule has 2 N–H and O–H groups in total. The fourth-order valence-corrected chi connectivity index (χ4v) is 2.80. The molecule has 0 saturated carbocycles. The maximum Gasteiger partial charge on any atom is 0.247 e. The number of rotatable bonds is 3. The first-order valence-corrected chi connectivity index (χ1v) is 7.24. The Labute approximate surface area is 126 Å². The second-order valence-electron chi connectivity index (χ2n) is 4.77. The van der Waals surface area contributed by atoms with Crippen LogP contribution in [0.25, 0.3) is 0 Å². The van der Waals surface area contributed by atoms with Gasteiger partial charge in [0.2, 0.25) is 5.91 Å². The molecule has 1 heterocycles. The van der Waals surface area contributed by atoms with Crippen LogP contribution in [0.2, 0.25) is 5.02 Å². The predicted molar refractivity (Wildman–Crippen MR) is 78.0 cm³/mol. The Bertz CT molecular complexity index is 484. The fraction of sp³-hybridized carbons (Fsp3) is 0.462. The Kier molecular flexibility index (Phi) is 4.84.